The quantitative estimate of drug-likeness (QED) is 0.812. The van der Waals surface area contributed by atoms with Gasteiger partial charge in [-0.05, 0) is 27.2 Å². The largest absolute Gasteiger partial charge is 0.395 e. The zero-order chi connectivity index (χ0) is 11.4. The number of aliphatic hydroxyl groups is 1. The lowest BCUT2D eigenvalue weighted by Gasteiger charge is -2.19. The number of nitrogens with one attached hydrogen (secondary N) is 1. The van der Waals surface area contributed by atoms with Gasteiger partial charge in [0, 0.05) is 17.0 Å². The van der Waals surface area contributed by atoms with Gasteiger partial charge in [-0.25, -0.2) is 4.98 Å². The Labute approximate surface area is 95.6 Å². The molecule has 4 heteroatoms. The summed E-state index contributed by atoms with van der Waals surface area (Å²) in [5.74, 6) is 0. The van der Waals surface area contributed by atoms with Crippen LogP contribution in [0.15, 0.2) is 0 Å². The van der Waals surface area contributed by atoms with Gasteiger partial charge in [-0.2, -0.15) is 0 Å². The van der Waals surface area contributed by atoms with Crippen molar-refractivity contribution in [1.29, 1.82) is 0 Å². The highest BCUT2D eigenvalue weighted by Gasteiger charge is 2.15. The Kier molecular flexibility index (Phi) is 4.70. The summed E-state index contributed by atoms with van der Waals surface area (Å²) in [7, 11) is 0. The maximum atomic E-state index is 9.12. The summed E-state index contributed by atoms with van der Waals surface area (Å²) in [4.78, 5) is 5.77. The summed E-state index contributed by atoms with van der Waals surface area (Å²) in [6.45, 7) is 8.47. The lowest BCUT2D eigenvalue weighted by molar-refractivity contribution is 0.229. The zero-order valence-corrected chi connectivity index (χ0v) is 10.7. The van der Waals surface area contributed by atoms with Crippen molar-refractivity contribution in [3.63, 3.8) is 0 Å². The molecule has 0 saturated carbocycles. The highest BCUT2D eigenvalue weighted by atomic mass is 32.1. The van der Waals surface area contributed by atoms with Crippen LogP contribution in [0.3, 0.4) is 0 Å². The van der Waals surface area contributed by atoms with E-state index in [1.165, 1.54) is 4.88 Å². The van der Waals surface area contributed by atoms with Crippen molar-refractivity contribution in [3.8, 4) is 0 Å². The number of rotatable bonds is 5. The van der Waals surface area contributed by atoms with Crippen LogP contribution in [0.5, 0.6) is 0 Å². The number of aryl methyl sites for hydroxylation is 2. The molecule has 1 heterocycles. The van der Waals surface area contributed by atoms with Gasteiger partial charge in [0.2, 0.25) is 0 Å². The van der Waals surface area contributed by atoms with Crippen molar-refractivity contribution in [2.45, 2.75) is 46.2 Å². The Balaban J connectivity index is 2.67. The Bertz CT molecular complexity index is 308. The predicted molar refractivity (Wildman–Crippen MR) is 64.3 cm³/mol. The minimum atomic E-state index is 0.168. The first-order valence-electron chi connectivity index (χ1n) is 5.39. The molecule has 0 fully saturated rings. The first-order valence-corrected chi connectivity index (χ1v) is 6.21. The van der Waals surface area contributed by atoms with E-state index in [2.05, 4.69) is 31.1 Å². The topological polar surface area (TPSA) is 45.1 Å². The Morgan fingerprint density at radius 1 is 1.47 bits per heavy atom. The van der Waals surface area contributed by atoms with Crippen LogP contribution in [0.25, 0.3) is 0 Å². The fourth-order valence-corrected chi connectivity index (χ4v) is 2.59. The number of thiazole rings is 1. The van der Waals surface area contributed by atoms with Gasteiger partial charge < -0.3 is 10.4 Å². The van der Waals surface area contributed by atoms with Crippen LogP contribution in [0.2, 0.25) is 0 Å². The molecule has 1 unspecified atom stereocenters. The molecule has 0 aliphatic heterocycles. The van der Waals surface area contributed by atoms with Crippen molar-refractivity contribution in [3.05, 3.63) is 15.6 Å². The van der Waals surface area contributed by atoms with Crippen molar-refractivity contribution in [1.82, 2.24) is 10.3 Å². The van der Waals surface area contributed by atoms with Crippen LogP contribution in [0, 0.1) is 13.8 Å². The normalized spacial score (nSPS) is 15.3. The van der Waals surface area contributed by atoms with Crippen LogP contribution in [0.4, 0.5) is 0 Å². The summed E-state index contributed by atoms with van der Waals surface area (Å²) in [6, 6.07) is 0.383. The molecule has 3 nitrogen and oxygen atoms in total. The van der Waals surface area contributed by atoms with Gasteiger partial charge in [0.25, 0.3) is 0 Å². The van der Waals surface area contributed by atoms with Gasteiger partial charge in [-0.3, -0.25) is 0 Å². The third-order valence-electron chi connectivity index (χ3n) is 2.55. The molecule has 0 saturated heterocycles. The van der Waals surface area contributed by atoms with Crippen molar-refractivity contribution >= 4 is 11.3 Å². The monoisotopic (exact) mass is 228 g/mol. The molecule has 1 rings (SSSR count). The van der Waals surface area contributed by atoms with E-state index in [1.54, 1.807) is 11.3 Å². The van der Waals surface area contributed by atoms with Gasteiger partial charge >= 0.3 is 0 Å². The summed E-state index contributed by atoms with van der Waals surface area (Å²) in [5, 5.41) is 13.6. The van der Waals surface area contributed by atoms with E-state index in [0.717, 1.165) is 17.1 Å². The summed E-state index contributed by atoms with van der Waals surface area (Å²) >= 11 is 1.73. The van der Waals surface area contributed by atoms with Crippen LogP contribution in [0.1, 0.15) is 41.9 Å². The molecular formula is C11H20N2OS. The van der Waals surface area contributed by atoms with Crippen molar-refractivity contribution in [2.75, 3.05) is 6.61 Å². The molecule has 0 spiro atoms. The lowest BCUT2D eigenvalue weighted by Crippen LogP contribution is -2.34. The predicted octanol–water partition coefficient (Wildman–Crippen LogP) is 2.18. The van der Waals surface area contributed by atoms with Crippen molar-refractivity contribution in [2.24, 2.45) is 0 Å². The number of nitrogens with zero attached hydrogens (tertiary/aromatic N) is 1. The highest BCUT2D eigenvalue weighted by Crippen LogP contribution is 2.22. The van der Waals surface area contributed by atoms with Gasteiger partial charge in [0.1, 0.15) is 0 Å². The van der Waals surface area contributed by atoms with E-state index < -0.39 is 0 Å². The lowest BCUT2D eigenvalue weighted by atomic mass is 10.1. The molecule has 0 radical (unpaired) electrons. The number of hydrogen-bond donors (Lipinski definition) is 2. The smallest absolute Gasteiger partial charge is 0.0900 e. The molecule has 0 aromatic carbocycles. The van der Waals surface area contributed by atoms with E-state index >= 15 is 0 Å². The SMILES string of the molecule is CC[C@H](CO)NC(C)c1nc(C)sc1C. The second-order valence-electron chi connectivity index (χ2n) is 3.85. The zero-order valence-electron chi connectivity index (χ0n) is 9.87. The molecule has 2 N–H and O–H groups in total. The minimum absolute atomic E-state index is 0.168. The molecular weight excluding hydrogens is 208 g/mol. The Hall–Kier alpha value is -0.450. The van der Waals surface area contributed by atoms with Crippen LogP contribution < -0.4 is 5.32 Å². The number of hydrogen-bond acceptors (Lipinski definition) is 4. The fourth-order valence-electron chi connectivity index (χ4n) is 1.68. The molecule has 0 aliphatic carbocycles. The molecule has 2 atom stereocenters. The number of aliphatic hydroxyl groups excluding tert-OH is 1. The first-order chi connectivity index (χ1) is 7.08. The van der Waals surface area contributed by atoms with Crippen LogP contribution >= 0.6 is 11.3 Å². The Morgan fingerprint density at radius 2 is 2.13 bits per heavy atom. The fraction of sp³-hybridized carbons (Fsp3) is 0.727. The van der Waals surface area contributed by atoms with Crippen LogP contribution in [-0.2, 0) is 0 Å². The average molecular weight is 228 g/mol. The van der Waals surface area contributed by atoms with Gasteiger partial charge in [-0.15, -0.1) is 11.3 Å². The molecule has 86 valence electrons. The highest BCUT2D eigenvalue weighted by molar-refractivity contribution is 7.11. The van der Waals surface area contributed by atoms with Gasteiger partial charge in [0.05, 0.1) is 17.3 Å². The van der Waals surface area contributed by atoms with E-state index in [0.29, 0.717) is 0 Å². The molecule has 0 bridgehead atoms. The van der Waals surface area contributed by atoms with Crippen LogP contribution in [-0.4, -0.2) is 22.7 Å². The molecule has 1 aromatic rings. The van der Waals surface area contributed by atoms with E-state index in [4.69, 9.17) is 5.11 Å². The molecule has 0 amide bonds. The van der Waals surface area contributed by atoms with Crippen molar-refractivity contribution < 1.29 is 5.11 Å². The third kappa shape index (κ3) is 3.26. The van der Waals surface area contributed by atoms with Gasteiger partial charge in [0.15, 0.2) is 0 Å². The van der Waals surface area contributed by atoms with E-state index in [9.17, 15) is 0 Å². The van der Waals surface area contributed by atoms with Gasteiger partial charge in [-0.1, -0.05) is 6.92 Å². The third-order valence-corrected chi connectivity index (χ3v) is 3.45. The van der Waals surface area contributed by atoms with E-state index in [1.807, 2.05) is 6.92 Å². The maximum absolute atomic E-state index is 9.12. The molecule has 1 aromatic heterocycles. The summed E-state index contributed by atoms with van der Waals surface area (Å²) < 4.78 is 0. The molecule has 0 aliphatic rings. The average Bonchev–Trinajstić information content (AvgIpc) is 2.54. The first kappa shape index (κ1) is 12.6. The van der Waals surface area contributed by atoms with E-state index in [-0.39, 0.29) is 18.7 Å². The Morgan fingerprint density at radius 3 is 2.53 bits per heavy atom. The second kappa shape index (κ2) is 5.58. The summed E-state index contributed by atoms with van der Waals surface area (Å²) in [6.07, 6.45) is 0.934. The number of aromatic nitrogens is 1. The summed E-state index contributed by atoms with van der Waals surface area (Å²) in [5.41, 5.74) is 1.12. The minimum Gasteiger partial charge on any atom is -0.395 e. The maximum Gasteiger partial charge on any atom is 0.0900 e. The standard InChI is InChI=1S/C11H20N2OS/c1-5-10(6-14)12-7(2)11-8(3)15-9(4)13-11/h7,10,12,14H,5-6H2,1-4H3/t7?,10-/m1/s1. The molecule has 15 heavy (non-hydrogen) atoms. The second-order valence-corrected chi connectivity index (χ2v) is 5.26.